The molecule has 1 aromatic heterocycles. The first-order valence-corrected chi connectivity index (χ1v) is 10.2. The SMILES string of the molecule is CCN(Cc1ccccc1)C(=O)c1cc(N(Cc2ccccc2)C(C)C)ccn1. The van der Waals surface area contributed by atoms with E-state index in [0.29, 0.717) is 24.8 Å². The van der Waals surface area contributed by atoms with Gasteiger partial charge in [-0.3, -0.25) is 9.78 Å². The monoisotopic (exact) mass is 387 g/mol. The molecule has 0 saturated carbocycles. The van der Waals surface area contributed by atoms with Gasteiger partial charge in [0, 0.05) is 37.6 Å². The van der Waals surface area contributed by atoms with Crippen LogP contribution in [0.4, 0.5) is 5.69 Å². The van der Waals surface area contributed by atoms with E-state index in [0.717, 1.165) is 17.8 Å². The van der Waals surface area contributed by atoms with Crippen LogP contribution in [-0.2, 0) is 13.1 Å². The molecule has 0 unspecified atom stereocenters. The first-order valence-electron chi connectivity index (χ1n) is 10.2. The Bertz CT molecular complexity index is 910. The zero-order valence-corrected chi connectivity index (χ0v) is 17.5. The Morgan fingerprint density at radius 1 is 0.897 bits per heavy atom. The van der Waals surface area contributed by atoms with Crippen LogP contribution in [0.1, 0.15) is 42.4 Å². The van der Waals surface area contributed by atoms with Gasteiger partial charge in [-0.15, -0.1) is 0 Å². The smallest absolute Gasteiger partial charge is 0.272 e. The van der Waals surface area contributed by atoms with Gasteiger partial charge in [-0.05, 0) is 44.0 Å². The van der Waals surface area contributed by atoms with Crippen molar-refractivity contribution in [1.29, 1.82) is 0 Å². The number of pyridine rings is 1. The summed E-state index contributed by atoms with van der Waals surface area (Å²) in [6.45, 7) is 8.34. The van der Waals surface area contributed by atoms with E-state index < -0.39 is 0 Å². The molecule has 3 aromatic rings. The molecule has 0 aliphatic rings. The molecular formula is C25H29N3O. The number of nitrogens with zero attached hydrogens (tertiary/aromatic N) is 3. The van der Waals surface area contributed by atoms with E-state index in [2.05, 4.69) is 48.0 Å². The first-order chi connectivity index (χ1) is 14.1. The molecule has 4 heteroatoms. The van der Waals surface area contributed by atoms with Crippen LogP contribution in [0.5, 0.6) is 0 Å². The predicted molar refractivity (Wildman–Crippen MR) is 119 cm³/mol. The average molecular weight is 388 g/mol. The molecule has 0 bridgehead atoms. The van der Waals surface area contributed by atoms with Crippen molar-refractivity contribution in [1.82, 2.24) is 9.88 Å². The van der Waals surface area contributed by atoms with E-state index in [1.165, 1.54) is 5.56 Å². The van der Waals surface area contributed by atoms with Crippen LogP contribution in [0, 0.1) is 0 Å². The van der Waals surface area contributed by atoms with E-state index in [1.807, 2.05) is 60.4 Å². The summed E-state index contributed by atoms with van der Waals surface area (Å²) < 4.78 is 0. The predicted octanol–water partition coefficient (Wildman–Crippen LogP) is 5.16. The number of carbonyl (C=O) groups is 1. The second kappa shape index (κ2) is 9.87. The standard InChI is InChI=1S/C25H29N3O/c1-4-27(18-21-11-7-5-8-12-21)25(29)24-17-23(15-16-26-24)28(20(2)3)19-22-13-9-6-10-14-22/h5-17,20H,4,18-19H2,1-3H3. The number of anilines is 1. The zero-order valence-electron chi connectivity index (χ0n) is 17.5. The van der Waals surface area contributed by atoms with Crippen LogP contribution in [0.25, 0.3) is 0 Å². The van der Waals surface area contributed by atoms with Gasteiger partial charge in [0.1, 0.15) is 5.69 Å². The van der Waals surface area contributed by atoms with Crippen molar-refractivity contribution in [3.63, 3.8) is 0 Å². The maximum absolute atomic E-state index is 13.1. The van der Waals surface area contributed by atoms with Crippen LogP contribution < -0.4 is 4.90 Å². The highest BCUT2D eigenvalue weighted by molar-refractivity contribution is 5.93. The lowest BCUT2D eigenvalue weighted by Crippen LogP contribution is -2.32. The summed E-state index contributed by atoms with van der Waals surface area (Å²) >= 11 is 0. The van der Waals surface area contributed by atoms with Gasteiger partial charge in [-0.1, -0.05) is 60.7 Å². The molecule has 4 nitrogen and oxygen atoms in total. The molecule has 0 saturated heterocycles. The van der Waals surface area contributed by atoms with Crippen LogP contribution in [-0.4, -0.2) is 28.4 Å². The maximum Gasteiger partial charge on any atom is 0.272 e. The Hall–Kier alpha value is -3.14. The molecule has 0 aliphatic carbocycles. The van der Waals surface area contributed by atoms with Crippen molar-refractivity contribution >= 4 is 11.6 Å². The van der Waals surface area contributed by atoms with Crippen molar-refractivity contribution in [2.24, 2.45) is 0 Å². The third kappa shape index (κ3) is 5.44. The Balaban J connectivity index is 1.81. The van der Waals surface area contributed by atoms with Crippen molar-refractivity contribution in [2.45, 2.75) is 39.9 Å². The minimum atomic E-state index is -0.0402. The fourth-order valence-corrected chi connectivity index (χ4v) is 3.36. The third-order valence-corrected chi connectivity index (χ3v) is 5.00. The van der Waals surface area contributed by atoms with Gasteiger partial charge in [0.25, 0.3) is 5.91 Å². The molecule has 1 amide bonds. The Kier molecular flexibility index (Phi) is 7.01. The van der Waals surface area contributed by atoms with E-state index in [4.69, 9.17) is 0 Å². The van der Waals surface area contributed by atoms with E-state index >= 15 is 0 Å². The fraction of sp³-hybridized carbons (Fsp3) is 0.280. The second-order valence-electron chi connectivity index (χ2n) is 7.41. The lowest BCUT2D eigenvalue weighted by molar-refractivity contribution is 0.0746. The Morgan fingerprint density at radius 2 is 1.48 bits per heavy atom. The molecule has 29 heavy (non-hydrogen) atoms. The molecule has 1 heterocycles. The summed E-state index contributed by atoms with van der Waals surface area (Å²) in [6.07, 6.45) is 1.74. The second-order valence-corrected chi connectivity index (χ2v) is 7.41. The van der Waals surface area contributed by atoms with E-state index in [-0.39, 0.29) is 5.91 Å². The van der Waals surface area contributed by atoms with Crippen LogP contribution in [0.2, 0.25) is 0 Å². The minimum Gasteiger partial charge on any atom is -0.365 e. The Labute approximate surface area is 173 Å². The van der Waals surface area contributed by atoms with Gasteiger partial charge in [0.15, 0.2) is 0 Å². The lowest BCUT2D eigenvalue weighted by Gasteiger charge is -2.29. The highest BCUT2D eigenvalue weighted by Crippen LogP contribution is 2.21. The van der Waals surface area contributed by atoms with Crippen LogP contribution >= 0.6 is 0 Å². The summed E-state index contributed by atoms with van der Waals surface area (Å²) in [6, 6.07) is 24.6. The summed E-state index contributed by atoms with van der Waals surface area (Å²) in [5.41, 5.74) is 3.86. The summed E-state index contributed by atoms with van der Waals surface area (Å²) in [5.74, 6) is -0.0402. The minimum absolute atomic E-state index is 0.0402. The summed E-state index contributed by atoms with van der Waals surface area (Å²) in [5, 5.41) is 0. The molecule has 2 aromatic carbocycles. The van der Waals surface area contributed by atoms with Gasteiger partial charge < -0.3 is 9.80 Å². The summed E-state index contributed by atoms with van der Waals surface area (Å²) in [7, 11) is 0. The largest absolute Gasteiger partial charge is 0.365 e. The van der Waals surface area contributed by atoms with Crippen molar-refractivity contribution in [3.05, 3.63) is 95.8 Å². The number of amides is 1. The van der Waals surface area contributed by atoms with Gasteiger partial charge in [0.2, 0.25) is 0 Å². The zero-order chi connectivity index (χ0) is 20.6. The molecule has 0 radical (unpaired) electrons. The molecule has 0 aliphatic heterocycles. The van der Waals surface area contributed by atoms with Crippen molar-refractivity contribution in [2.75, 3.05) is 11.4 Å². The Morgan fingerprint density at radius 3 is 2.03 bits per heavy atom. The molecule has 0 spiro atoms. The highest BCUT2D eigenvalue weighted by atomic mass is 16.2. The lowest BCUT2D eigenvalue weighted by atomic mass is 10.1. The number of rotatable bonds is 8. The van der Waals surface area contributed by atoms with Crippen molar-refractivity contribution < 1.29 is 4.79 Å². The number of benzene rings is 2. The molecular weight excluding hydrogens is 358 g/mol. The van der Waals surface area contributed by atoms with E-state index in [1.54, 1.807) is 6.20 Å². The summed E-state index contributed by atoms with van der Waals surface area (Å²) in [4.78, 5) is 21.6. The van der Waals surface area contributed by atoms with Gasteiger partial charge in [0.05, 0.1) is 0 Å². The quantitative estimate of drug-likeness (QED) is 0.536. The van der Waals surface area contributed by atoms with Crippen LogP contribution in [0.15, 0.2) is 79.0 Å². The van der Waals surface area contributed by atoms with Crippen molar-refractivity contribution in [3.8, 4) is 0 Å². The molecule has 0 fully saturated rings. The first kappa shape index (κ1) is 20.6. The van der Waals surface area contributed by atoms with E-state index in [9.17, 15) is 4.79 Å². The molecule has 0 N–H and O–H groups in total. The molecule has 150 valence electrons. The number of carbonyl (C=O) groups excluding carboxylic acids is 1. The normalized spacial score (nSPS) is 10.8. The van der Waals surface area contributed by atoms with Gasteiger partial charge in [-0.25, -0.2) is 0 Å². The van der Waals surface area contributed by atoms with Crippen LogP contribution in [0.3, 0.4) is 0 Å². The fourth-order valence-electron chi connectivity index (χ4n) is 3.36. The highest BCUT2D eigenvalue weighted by Gasteiger charge is 2.19. The number of hydrogen-bond acceptors (Lipinski definition) is 3. The average Bonchev–Trinajstić information content (AvgIpc) is 2.76. The van der Waals surface area contributed by atoms with Gasteiger partial charge in [-0.2, -0.15) is 0 Å². The van der Waals surface area contributed by atoms with Gasteiger partial charge >= 0.3 is 0 Å². The molecule has 3 rings (SSSR count). The third-order valence-electron chi connectivity index (χ3n) is 5.00. The molecule has 0 atom stereocenters. The number of aromatic nitrogens is 1. The topological polar surface area (TPSA) is 36.4 Å². The maximum atomic E-state index is 13.1. The number of hydrogen-bond donors (Lipinski definition) is 0.